The Kier molecular flexibility index (Phi) is 6.05. The average molecular weight is 326 g/mol. The number of nitrogens with one attached hydrogen (secondary N) is 1. The Morgan fingerprint density at radius 1 is 1.35 bits per heavy atom. The Morgan fingerprint density at radius 3 is 2.43 bits per heavy atom. The molecule has 2 unspecified atom stereocenters. The smallest absolute Gasteiger partial charge is 0.407 e. The molecule has 1 heterocycles. The summed E-state index contributed by atoms with van der Waals surface area (Å²) >= 11 is 0. The number of amides is 1. The summed E-state index contributed by atoms with van der Waals surface area (Å²) < 4.78 is 5.01. The van der Waals surface area contributed by atoms with Crippen molar-refractivity contribution < 1.29 is 29.6 Å². The number of carbonyl (C=O) groups is 2. The van der Waals surface area contributed by atoms with Gasteiger partial charge in [-0.05, 0) is 39.3 Å². The molecule has 1 rings (SSSR count). The van der Waals surface area contributed by atoms with Crippen molar-refractivity contribution in [3.8, 4) is 0 Å². The van der Waals surface area contributed by atoms with Gasteiger partial charge in [0.25, 0.3) is 0 Å². The molecule has 0 spiro atoms. The van der Waals surface area contributed by atoms with Crippen LogP contribution in [0.4, 0.5) is 4.79 Å². The Bertz CT molecular complexity index is 582. The number of aromatic carboxylic acids is 1. The number of hydrogen-bond acceptors (Lipinski definition) is 6. The predicted octanol–water partition coefficient (Wildman–Crippen LogP) is 1.01. The van der Waals surface area contributed by atoms with Crippen molar-refractivity contribution in [2.45, 2.75) is 45.5 Å². The Labute approximate surface area is 134 Å². The molecule has 0 fully saturated rings. The zero-order valence-corrected chi connectivity index (χ0v) is 13.5. The average Bonchev–Trinajstić information content (AvgIpc) is 2.41. The number of carboxylic acid groups (broad SMARTS) is 1. The second kappa shape index (κ2) is 7.38. The van der Waals surface area contributed by atoms with Crippen molar-refractivity contribution in [3.63, 3.8) is 0 Å². The first-order chi connectivity index (χ1) is 10.5. The van der Waals surface area contributed by atoms with Crippen LogP contribution in [-0.2, 0) is 4.74 Å². The van der Waals surface area contributed by atoms with E-state index in [1.165, 1.54) is 19.2 Å². The van der Waals surface area contributed by atoms with E-state index in [0.29, 0.717) is 5.56 Å². The van der Waals surface area contributed by atoms with Crippen molar-refractivity contribution in [2.75, 3.05) is 6.54 Å². The molecule has 0 radical (unpaired) electrons. The third kappa shape index (κ3) is 5.84. The minimum Gasteiger partial charge on any atom is -0.477 e. The van der Waals surface area contributed by atoms with Gasteiger partial charge < -0.3 is 25.4 Å². The van der Waals surface area contributed by atoms with Gasteiger partial charge in [-0.2, -0.15) is 0 Å². The number of aromatic nitrogens is 1. The van der Waals surface area contributed by atoms with E-state index in [0.717, 1.165) is 0 Å². The van der Waals surface area contributed by atoms with Crippen LogP contribution in [0.1, 0.15) is 48.5 Å². The summed E-state index contributed by atoms with van der Waals surface area (Å²) in [7, 11) is 0. The molecule has 0 aliphatic heterocycles. The van der Waals surface area contributed by atoms with Crippen LogP contribution >= 0.6 is 0 Å². The highest BCUT2D eigenvalue weighted by atomic mass is 16.6. The number of aliphatic hydroxyl groups excluding tert-OH is 2. The number of carbonyl (C=O) groups excluding carboxylic acids is 1. The van der Waals surface area contributed by atoms with Crippen molar-refractivity contribution in [2.24, 2.45) is 0 Å². The third-order valence-electron chi connectivity index (χ3n) is 2.86. The number of aliphatic hydroxyl groups is 2. The van der Waals surface area contributed by atoms with Crippen molar-refractivity contribution in [1.29, 1.82) is 0 Å². The van der Waals surface area contributed by atoms with E-state index in [1.807, 2.05) is 0 Å². The third-order valence-corrected chi connectivity index (χ3v) is 2.86. The van der Waals surface area contributed by atoms with Gasteiger partial charge in [0.2, 0.25) is 0 Å². The molecule has 1 amide bonds. The topological polar surface area (TPSA) is 129 Å². The van der Waals surface area contributed by atoms with Gasteiger partial charge in [-0.1, -0.05) is 0 Å². The molecule has 1 aromatic heterocycles. The fourth-order valence-electron chi connectivity index (χ4n) is 1.82. The number of hydrogen-bond donors (Lipinski definition) is 4. The number of nitrogens with zero attached hydrogens (tertiary/aromatic N) is 1. The summed E-state index contributed by atoms with van der Waals surface area (Å²) in [5.74, 6) is -1.17. The van der Waals surface area contributed by atoms with Gasteiger partial charge in [-0.25, -0.2) is 14.6 Å². The minimum absolute atomic E-state index is 0.123. The second-order valence-corrected chi connectivity index (χ2v) is 6.13. The fourth-order valence-corrected chi connectivity index (χ4v) is 1.82. The van der Waals surface area contributed by atoms with E-state index >= 15 is 0 Å². The molecule has 4 N–H and O–H groups in total. The highest BCUT2D eigenvalue weighted by Crippen LogP contribution is 2.18. The van der Waals surface area contributed by atoms with Gasteiger partial charge in [0.1, 0.15) is 17.8 Å². The van der Waals surface area contributed by atoms with Crippen LogP contribution in [0.3, 0.4) is 0 Å². The highest BCUT2D eigenvalue weighted by molar-refractivity contribution is 5.86. The number of pyridine rings is 1. The molecule has 2 atom stereocenters. The van der Waals surface area contributed by atoms with Crippen LogP contribution in [0.15, 0.2) is 12.3 Å². The van der Waals surface area contributed by atoms with E-state index in [-0.39, 0.29) is 17.8 Å². The number of carboxylic acids is 1. The van der Waals surface area contributed by atoms with Crippen molar-refractivity contribution in [1.82, 2.24) is 10.3 Å². The molecular weight excluding hydrogens is 304 g/mol. The van der Waals surface area contributed by atoms with Crippen molar-refractivity contribution >= 4 is 12.1 Å². The van der Waals surface area contributed by atoms with E-state index in [1.54, 1.807) is 20.8 Å². The summed E-state index contributed by atoms with van der Waals surface area (Å²) in [6.07, 6.45) is -2.14. The summed E-state index contributed by atoms with van der Waals surface area (Å²) in [6, 6.07) is 1.43. The quantitative estimate of drug-likeness (QED) is 0.635. The maximum absolute atomic E-state index is 11.5. The zero-order chi connectivity index (χ0) is 17.8. The van der Waals surface area contributed by atoms with Crippen LogP contribution in [0.25, 0.3) is 0 Å². The summed E-state index contributed by atoms with van der Waals surface area (Å²) in [5.41, 5.74) is -0.170. The van der Waals surface area contributed by atoms with Gasteiger partial charge in [0.15, 0.2) is 5.69 Å². The molecular formula is C15H22N2O6. The van der Waals surface area contributed by atoms with Gasteiger partial charge in [0, 0.05) is 18.3 Å². The monoisotopic (exact) mass is 326 g/mol. The summed E-state index contributed by atoms with van der Waals surface area (Å²) in [4.78, 5) is 26.1. The molecule has 128 valence electrons. The lowest BCUT2D eigenvalue weighted by molar-refractivity contribution is 0.0127. The summed E-state index contributed by atoms with van der Waals surface area (Å²) in [5, 5.41) is 31.2. The maximum Gasteiger partial charge on any atom is 0.407 e. The first-order valence-electron chi connectivity index (χ1n) is 7.04. The van der Waals surface area contributed by atoms with Crippen molar-refractivity contribution in [3.05, 3.63) is 29.1 Å². The Balaban J connectivity index is 2.66. The van der Waals surface area contributed by atoms with E-state index < -0.39 is 29.9 Å². The second-order valence-electron chi connectivity index (χ2n) is 6.13. The van der Waals surface area contributed by atoms with Crippen LogP contribution in [-0.4, -0.2) is 50.6 Å². The first-order valence-corrected chi connectivity index (χ1v) is 7.04. The molecule has 23 heavy (non-hydrogen) atoms. The number of rotatable bonds is 5. The van der Waals surface area contributed by atoms with Crippen LogP contribution in [0.2, 0.25) is 0 Å². The molecule has 8 heteroatoms. The molecule has 0 aromatic carbocycles. The van der Waals surface area contributed by atoms with E-state index in [2.05, 4.69) is 10.3 Å². The van der Waals surface area contributed by atoms with Crippen LogP contribution < -0.4 is 5.32 Å². The maximum atomic E-state index is 11.5. The van der Waals surface area contributed by atoms with Gasteiger partial charge >= 0.3 is 12.1 Å². The molecule has 0 bridgehead atoms. The minimum atomic E-state index is -1.32. The van der Waals surface area contributed by atoms with E-state index in [9.17, 15) is 19.8 Å². The summed E-state index contributed by atoms with van der Waals surface area (Å²) in [6.45, 7) is 6.43. The molecule has 8 nitrogen and oxygen atoms in total. The molecule has 1 aromatic rings. The van der Waals surface area contributed by atoms with Crippen LogP contribution in [0.5, 0.6) is 0 Å². The molecule has 0 aliphatic carbocycles. The number of aryl methyl sites for hydroxylation is 1. The first kappa shape index (κ1) is 18.9. The molecule has 0 saturated carbocycles. The molecule has 0 aliphatic rings. The lowest BCUT2D eigenvalue weighted by Gasteiger charge is -2.22. The SMILES string of the molecule is Cc1cc(C(O)C(O)CNC(=O)OC(C)(C)C)cnc1C(=O)O. The standard InChI is InChI=1S/C15H22N2O6/c1-8-5-9(6-16-11(8)13(20)21)12(19)10(18)7-17-14(22)23-15(2,3)4/h5-6,10,12,18-19H,7H2,1-4H3,(H,17,22)(H,20,21). The Hall–Kier alpha value is -2.19. The normalized spacial score (nSPS) is 14.0. The van der Waals surface area contributed by atoms with Crippen LogP contribution in [0, 0.1) is 6.92 Å². The number of alkyl carbamates (subject to hydrolysis) is 1. The van der Waals surface area contributed by atoms with Gasteiger partial charge in [0.05, 0.1) is 0 Å². The van der Waals surface area contributed by atoms with E-state index in [4.69, 9.17) is 9.84 Å². The van der Waals surface area contributed by atoms with Gasteiger partial charge in [-0.3, -0.25) is 0 Å². The Morgan fingerprint density at radius 2 is 1.96 bits per heavy atom. The van der Waals surface area contributed by atoms with Gasteiger partial charge in [-0.15, -0.1) is 0 Å². The lowest BCUT2D eigenvalue weighted by atomic mass is 10.0. The number of ether oxygens (including phenoxy) is 1. The largest absolute Gasteiger partial charge is 0.477 e. The fraction of sp³-hybridized carbons (Fsp3) is 0.533. The highest BCUT2D eigenvalue weighted by Gasteiger charge is 2.22. The molecule has 0 saturated heterocycles. The zero-order valence-electron chi connectivity index (χ0n) is 13.5. The lowest BCUT2D eigenvalue weighted by Crippen LogP contribution is -2.38. The predicted molar refractivity (Wildman–Crippen MR) is 81.1 cm³/mol.